The largest absolute Gasteiger partial charge is 0.573 e. The molecule has 0 unspecified atom stereocenters. The fourth-order valence-electron chi connectivity index (χ4n) is 2.48. The molecule has 0 saturated carbocycles. The minimum Gasteiger partial charge on any atom is -0.486 e. The number of nitrogens with two attached hydrogens (primary N) is 3. The van der Waals surface area contributed by atoms with Crippen LogP contribution in [-0.2, 0) is 6.61 Å². The number of rotatable bonds is 6. The van der Waals surface area contributed by atoms with Crippen molar-refractivity contribution in [2.24, 2.45) is 5.84 Å². The van der Waals surface area contributed by atoms with Crippen LogP contribution in [-0.4, -0.2) is 21.1 Å². The number of nitrogens with one attached hydrogen (secondary N) is 1. The molecule has 0 fully saturated rings. The normalized spacial score (nSPS) is 11.0. The highest BCUT2D eigenvalue weighted by Crippen LogP contribution is 2.33. The number of anilines is 3. The van der Waals surface area contributed by atoms with Crippen molar-refractivity contribution in [2.45, 2.75) is 13.0 Å². The molecule has 13 heteroatoms. The van der Waals surface area contributed by atoms with Crippen molar-refractivity contribution in [2.75, 3.05) is 16.9 Å². The first-order valence-electron chi connectivity index (χ1n) is 8.19. The summed E-state index contributed by atoms with van der Waals surface area (Å²) < 4.78 is 49.6. The summed E-state index contributed by atoms with van der Waals surface area (Å²) in [6, 6.07) is 7.17. The molecule has 0 saturated heterocycles. The molecule has 1 aromatic carbocycles. The van der Waals surface area contributed by atoms with Crippen molar-refractivity contribution >= 4 is 17.3 Å². The lowest BCUT2D eigenvalue weighted by Crippen LogP contribution is -2.19. The SMILES string of the molecule is N#Cc1cnn(-c2ccc(COc3cc(N)nc(NN)c3N)c(OC(F)(F)F)c2)c1. The fourth-order valence-corrected chi connectivity index (χ4v) is 2.48. The first-order chi connectivity index (χ1) is 14.2. The molecule has 3 rings (SSSR count). The van der Waals surface area contributed by atoms with E-state index in [1.165, 1.54) is 35.3 Å². The number of hydrogen-bond donors (Lipinski definition) is 4. The smallest absolute Gasteiger partial charge is 0.486 e. The predicted molar refractivity (Wildman–Crippen MR) is 100 cm³/mol. The highest BCUT2D eigenvalue weighted by molar-refractivity contribution is 5.71. The first-order valence-corrected chi connectivity index (χ1v) is 8.19. The molecule has 0 bridgehead atoms. The van der Waals surface area contributed by atoms with Gasteiger partial charge in [0, 0.05) is 23.9 Å². The average Bonchev–Trinajstić information content (AvgIpc) is 3.17. The first kappa shape index (κ1) is 20.6. The summed E-state index contributed by atoms with van der Waals surface area (Å²) in [6.07, 6.45) is -2.29. The molecule has 7 N–H and O–H groups in total. The highest BCUT2D eigenvalue weighted by atomic mass is 19.4. The van der Waals surface area contributed by atoms with Crippen LogP contribution >= 0.6 is 0 Å². The van der Waals surface area contributed by atoms with Crippen LogP contribution in [0.3, 0.4) is 0 Å². The number of hydrogen-bond acceptors (Lipinski definition) is 9. The molecule has 156 valence electrons. The predicted octanol–water partition coefficient (Wildman–Crippen LogP) is 2.07. The average molecular weight is 420 g/mol. The summed E-state index contributed by atoms with van der Waals surface area (Å²) in [4.78, 5) is 3.86. The molecule has 2 aromatic heterocycles. The number of aromatic nitrogens is 3. The zero-order valence-electron chi connectivity index (χ0n) is 15.1. The van der Waals surface area contributed by atoms with Gasteiger partial charge in [-0.25, -0.2) is 15.5 Å². The van der Waals surface area contributed by atoms with Crippen molar-refractivity contribution in [1.29, 1.82) is 5.26 Å². The quantitative estimate of drug-likeness (QED) is 0.345. The molecule has 10 nitrogen and oxygen atoms in total. The van der Waals surface area contributed by atoms with Gasteiger partial charge in [-0.15, -0.1) is 13.2 Å². The van der Waals surface area contributed by atoms with Gasteiger partial charge in [-0.2, -0.15) is 10.4 Å². The molecule has 30 heavy (non-hydrogen) atoms. The monoisotopic (exact) mass is 420 g/mol. The van der Waals surface area contributed by atoms with E-state index in [1.807, 2.05) is 6.07 Å². The van der Waals surface area contributed by atoms with Crippen molar-refractivity contribution in [1.82, 2.24) is 14.8 Å². The van der Waals surface area contributed by atoms with Crippen molar-refractivity contribution in [3.63, 3.8) is 0 Å². The summed E-state index contributed by atoms with van der Waals surface area (Å²) in [5.74, 6) is 4.96. The third kappa shape index (κ3) is 4.62. The van der Waals surface area contributed by atoms with E-state index in [0.717, 1.165) is 6.07 Å². The number of ether oxygens (including phenoxy) is 2. The van der Waals surface area contributed by atoms with Gasteiger partial charge >= 0.3 is 6.36 Å². The number of nitrogens with zero attached hydrogens (tertiary/aromatic N) is 4. The van der Waals surface area contributed by atoms with Gasteiger partial charge in [0.15, 0.2) is 5.82 Å². The number of benzene rings is 1. The molecule has 0 atom stereocenters. The molecule has 0 aliphatic heterocycles. The van der Waals surface area contributed by atoms with E-state index in [-0.39, 0.29) is 46.5 Å². The van der Waals surface area contributed by atoms with E-state index in [1.54, 1.807) is 0 Å². The van der Waals surface area contributed by atoms with Gasteiger partial charge in [0.1, 0.15) is 35.7 Å². The maximum absolute atomic E-state index is 12.9. The van der Waals surface area contributed by atoms with Crippen LogP contribution < -0.4 is 32.2 Å². The lowest BCUT2D eigenvalue weighted by atomic mass is 10.2. The topological polar surface area (TPSA) is 163 Å². The van der Waals surface area contributed by atoms with Gasteiger partial charge in [-0.1, -0.05) is 0 Å². The summed E-state index contributed by atoms with van der Waals surface area (Å²) in [5.41, 5.74) is 14.3. The van der Waals surface area contributed by atoms with E-state index in [4.69, 9.17) is 27.3 Å². The minimum absolute atomic E-state index is 0.0298. The Labute approximate surface area is 167 Å². The lowest BCUT2D eigenvalue weighted by Gasteiger charge is -2.16. The zero-order chi connectivity index (χ0) is 21.9. The maximum atomic E-state index is 12.9. The standard InChI is InChI=1S/C17H15F3N8O2/c18-17(19,20)30-12-3-11(28-7-9(5-21)6-25-28)2-1-10(12)8-29-13-4-14(22)26-16(27-24)15(13)23/h1-4,6-7H,8,23-24H2,(H3,22,26,27). The molecule has 0 amide bonds. The third-order valence-electron chi connectivity index (χ3n) is 3.81. The molecule has 2 heterocycles. The Hall–Kier alpha value is -4.18. The van der Waals surface area contributed by atoms with Crippen LogP contribution in [0.2, 0.25) is 0 Å². The number of nitriles is 1. The van der Waals surface area contributed by atoms with Gasteiger partial charge in [0.2, 0.25) is 0 Å². The molecule has 0 spiro atoms. The van der Waals surface area contributed by atoms with Crippen LogP contribution in [0.4, 0.5) is 30.5 Å². The third-order valence-corrected chi connectivity index (χ3v) is 3.81. The van der Waals surface area contributed by atoms with Crippen molar-refractivity contribution in [3.8, 4) is 23.3 Å². The summed E-state index contributed by atoms with van der Waals surface area (Å²) in [5, 5.41) is 12.8. The van der Waals surface area contributed by atoms with Gasteiger partial charge < -0.3 is 26.4 Å². The van der Waals surface area contributed by atoms with Gasteiger partial charge in [0.25, 0.3) is 0 Å². The van der Waals surface area contributed by atoms with Gasteiger partial charge in [-0.05, 0) is 12.1 Å². The Balaban J connectivity index is 1.92. The Bertz CT molecular complexity index is 1110. The van der Waals surface area contributed by atoms with Gasteiger partial charge in [-0.3, -0.25) is 0 Å². The highest BCUT2D eigenvalue weighted by Gasteiger charge is 2.32. The second-order valence-electron chi connectivity index (χ2n) is 5.87. The molecule has 3 aromatic rings. The van der Waals surface area contributed by atoms with E-state index in [2.05, 4.69) is 20.2 Å². The number of halogens is 3. The lowest BCUT2D eigenvalue weighted by molar-refractivity contribution is -0.275. The van der Waals surface area contributed by atoms with E-state index in [0.29, 0.717) is 0 Å². The van der Waals surface area contributed by atoms with Crippen molar-refractivity contribution < 1.29 is 22.6 Å². The Morgan fingerprint density at radius 1 is 1.20 bits per heavy atom. The Morgan fingerprint density at radius 3 is 2.60 bits per heavy atom. The molecule has 0 radical (unpaired) electrons. The summed E-state index contributed by atoms with van der Waals surface area (Å²) >= 11 is 0. The van der Waals surface area contributed by atoms with Crippen LogP contribution in [0.25, 0.3) is 5.69 Å². The Morgan fingerprint density at radius 2 is 1.97 bits per heavy atom. The number of alkyl halides is 3. The number of pyridine rings is 1. The Kier molecular flexibility index (Phi) is 5.52. The van der Waals surface area contributed by atoms with Crippen molar-refractivity contribution in [3.05, 3.63) is 47.8 Å². The van der Waals surface area contributed by atoms with E-state index >= 15 is 0 Å². The molecule has 0 aliphatic rings. The fraction of sp³-hybridized carbons (Fsp3) is 0.118. The number of hydrazine groups is 1. The minimum atomic E-state index is -4.94. The van der Waals surface area contributed by atoms with E-state index in [9.17, 15) is 13.2 Å². The maximum Gasteiger partial charge on any atom is 0.573 e. The molecular formula is C17H15F3N8O2. The zero-order valence-corrected chi connectivity index (χ0v) is 15.1. The van der Waals surface area contributed by atoms with Crippen LogP contribution in [0.15, 0.2) is 36.7 Å². The van der Waals surface area contributed by atoms with Crippen LogP contribution in [0, 0.1) is 11.3 Å². The summed E-state index contributed by atoms with van der Waals surface area (Å²) in [6.45, 7) is -0.327. The molecule has 0 aliphatic carbocycles. The summed E-state index contributed by atoms with van der Waals surface area (Å²) in [7, 11) is 0. The second-order valence-corrected chi connectivity index (χ2v) is 5.87. The van der Waals surface area contributed by atoms with Gasteiger partial charge in [0.05, 0.1) is 17.4 Å². The molecular weight excluding hydrogens is 405 g/mol. The van der Waals surface area contributed by atoms with E-state index < -0.39 is 12.1 Å². The number of nitrogen functional groups attached to an aromatic ring is 3. The second kappa shape index (κ2) is 8.05. The van der Waals surface area contributed by atoms with Crippen LogP contribution in [0.1, 0.15) is 11.1 Å². The van der Waals surface area contributed by atoms with Crippen LogP contribution in [0.5, 0.6) is 11.5 Å².